The lowest BCUT2D eigenvalue weighted by molar-refractivity contribution is 0.0952. The number of hydrogen-bond donors (Lipinski definition) is 1. The van der Waals surface area contributed by atoms with Gasteiger partial charge in [0, 0.05) is 12.1 Å². The molecule has 2 aromatic carbocycles. The number of nitrogens with zero attached hydrogens (tertiary/aromatic N) is 2. The van der Waals surface area contributed by atoms with Crippen LogP contribution in [0.25, 0.3) is 0 Å². The predicted molar refractivity (Wildman–Crippen MR) is 126 cm³/mol. The Hall–Kier alpha value is -2.38. The van der Waals surface area contributed by atoms with Crippen LogP contribution in [0.2, 0.25) is 0 Å². The van der Waals surface area contributed by atoms with Gasteiger partial charge in [-0.1, -0.05) is 30.3 Å². The lowest BCUT2D eigenvalue weighted by Crippen LogP contribution is -2.30. The number of likely N-dealkylation sites (tertiary alicyclic amines) is 1. The maximum absolute atomic E-state index is 12.5. The van der Waals surface area contributed by atoms with Crippen LogP contribution in [0.1, 0.15) is 46.3 Å². The summed E-state index contributed by atoms with van der Waals surface area (Å²) in [5.41, 5.74) is 3.96. The van der Waals surface area contributed by atoms with Gasteiger partial charge in [0.1, 0.15) is 0 Å². The third-order valence-electron chi connectivity index (χ3n) is 5.77. The second-order valence-corrected chi connectivity index (χ2v) is 10.3. The molecule has 0 unspecified atom stereocenters. The van der Waals surface area contributed by atoms with E-state index in [9.17, 15) is 13.2 Å². The summed E-state index contributed by atoms with van der Waals surface area (Å²) in [5.74, 6) is -0.0947. The van der Waals surface area contributed by atoms with Crippen LogP contribution in [0.15, 0.2) is 42.5 Å². The molecule has 31 heavy (non-hydrogen) atoms. The second-order valence-electron chi connectivity index (χ2n) is 8.37. The van der Waals surface area contributed by atoms with Crippen molar-refractivity contribution in [1.82, 2.24) is 10.2 Å². The molecule has 1 heterocycles. The van der Waals surface area contributed by atoms with E-state index in [0.29, 0.717) is 17.8 Å². The fraction of sp³-hybridized carbons (Fsp3) is 0.458. The van der Waals surface area contributed by atoms with Gasteiger partial charge in [-0.2, -0.15) is 0 Å². The summed E-state index contributed by atoms with van der Waals surface area (Å²) in [7, 11) is -3.46. The fourth-order valence-electron chi connectivity index (χ4n) is 4.10. The highest BCUT2D eigenvalue weighted by molar-refractivity contribution is 7.92. The minimum Gasteiger partial charge on any atom is -0.352 e. The summed E-state index contributed by atoms with van der Waals surface area (Å²) >= 11 is 0. The molecule has 6 nitrogen and oxygen atoms in total. The number of carbonyl (C=O) groups excluding carboxylic acids is 1. The zero-order chi connectivity index (χ0) is 22.4. The average molecular weight is 444 g/mol. The molecule has 1 fully saturated rings. The van der Waals surface area contributed by atoms with Gasteiger partial charge in [-0.3, -0.25) is 9.10 Å². The van der Waals surface area contributed by atoms with Gasteiger partial charge >= 0.3 is 0 Å². The number of para-hydroxylation sites is 1. The monoisotopic (exact) mass is 443 g/mol. The van der Waals surface area contributed by atoms with Crippen molar-refractivity contribution in [2.45, 2.75) is 39.7 Å². The Bertz CT molecular complexity index is 977. The SMILES string of the molecule is Cc1cccc(C)c1N(Cc1ccc(C(=O)NCCCN2CCCC2)cc1)S(C)(=O)=O. The molecule has 1 aliphatic heterocycles. The molecule has 1 saturated heterocycles. The Balaban J connectivity index is 1.62. The number of aryl methyl sites for hydroxylation is 2. The molecule has 168 valence electrons. The van der Waals surface area contributed by atoms with Crippen molar-refractivity contribution in [2.24, 2.45) is 0 Å². The molecule has 1 N–H and O–H groups in total. The van der Waals surface area contributed by atoms with E-state index in [2.05, 4.69) is 10.2 Å². The van der Waals surface area contributed by atoms with Gasteiger partial charge in [-0.25, -0.2) is 8.42 Å². The lowest BCUT2D eigenvalue weighted by Gasteiger charge is -2.26. The lowest BCUT2D eigenvalue weighted by atomic mass is 10.1. The molecule has 3 rings (SSSR count). The number of benzene rings is 2. The highest BCUT2D eigenvalue weighted by Gasteiger charge is 2.21. The summed E-state index contributed by atoms with van der Waals surface area (Å²) < 4.78 is 26.5. The van der Waals surface area contributed by atoms with Crippen molar-refractivity contribution >= 4 is 21.6 Å². The van der Waals surface area contributed by atoms with Crippen LogP contribution >= 0.6 is 0 Å². The molecule has 2 aromatic rings. The van der Waals surface area contributed by atoms with Crippen LogP contribution in [-0.4, -0.2) is 51.7 Å². The van der Waals surface area contributed by atoms with E-state index in [1.165, 1.54) is 36.5 Å². The Morgan fingerprint density at radius 1 is 1.03 bits per heavy atom. The molecular weight excluding hydrogens is 410 g/mol. The van der Waals surface area contributed by atoms with E-state index < -0.39 is 10.0 Å². The Morgan fingerprint density at radius 2 is 1.65 bits per heavy atom. The topological polar surface area (TPSA) is 69.7 Å². The van der Waals surface area contributed by atoms with E-state index in [4.69, 9.17) is 0 Å². The van der Waals surface area contributed by atoms with E-state index in [0.717, 1.165) is 29.7 Å². The summed E-state index contributed by atoms with van der Waals surface area (Å²) in [6.07, 6.45) is 4.73. The molecule has 0 saturated carbocycles. The average Bonchev–Trinajstić information content (AvgIpc) is 3.23. The van der Waals surface area contributed by atoms with Crippen LogP contribution in [0.4, 0.5) is 5.69 Å². The molecule has 0 atom stereocenters. The van der Waals surface area contributed by atoms with Crippen molar-refractivity contribution in [1.29, 1.82) is 0 Å². The van der Waals surface area contributed by atoms with E-state index >= 15 is 0 Å². The number of amides is 1. The van der Waals surface area contributed by atoms with Crippen LogP contribution < -0.4 is 9.62 Å². The Kier molecular flexibility index (Phi) is 7.73. The molecule has 1 aliphatic rings. The zero-order valence-corrected chi connectivity index (χ0v) is 19.5. The number of anilines is 1. The maximum Gasteiger partial charge on any atom is 0.251 e. The molecule has 0 radical (unpaired) electrons. The fourth-order valence-corrected chi connectivity index (χ4v) is 5.10. The van der Waals surface area contributed by atoms with Gasteiger partial charge in [-0.15, -0.1) is 0 Å². The van der Waals surface area contributed by atoms with Gasteiger partial charge in [-0.05, 0) is 81.6 Å². The largest absolute Gasteiger partial charge is 0.352 e. The highest BCUT2D eigenvalue weighted by Crippen LogP contribution is 2.28. The first-order chi connectivity index (χ1) is 14.8. The predicted octanol–water partition coefficient (Wildman–Crippen LogP) is 3.49. The quantitative estimate of drug-likeness (QED) is 0.603. The summed E-state index contributed by atoms with van der Waals surface area (Å²) in [6, 6.07) is 12.9. The third kappa shape index (κ3) is 6.31. The standard InChI is InChI=1S/C24H33N3O3S/c1-19-8-6-9-20(2)23(19)27(31(3,29)30)18-21-10-12-22(13-11-21)24(28)25-14-7-17-26-15-4-5-16-26/h6,8-13H,4-5,7,14-18H2,1-3H3,(H,25,28). The molecule has 0 aromatic heterocycles. The van der Waals surface area contributed by atoms with Gasteiger partial charge in [0.2, 0.25) is 10.0 Å². The van der Waals surface area contributed by atoms with Gasteiger partial charge in [0.15, 0.2) is 0 Å². The van der Waals surface area contributed by atoms with Gasteiger partial charge in [0.25, 0.3) is 5.91 Å². The normalized spacial score (nSPS) is 14.5. The summed E-state index contributed by atoms with van der Waals surface area (Å²) in [4.78, 5) is 14.8. The van der Waals surface area contributed by atoms with Crippen molar-refractivity contribution < 1.29 is 13.2 Å². The van der Waals surface area contributed by atoms with Crippen LogP contribution in [0.3, 0.4) is 0 Å². The zero-order valence-electron chi connectivity index (χ0n) is 18.7. The summed E-state index contributed by atoms with van der Waals surface area (Å²) in [6.45, 7) is 8.08. The number of hydrogen-bond acceptors (Lipinski definition) is 4. The van der Waals surface area contributed by atoms with Crippen molar-refractivity contribution in [3.8, 4) is 0 Å². The van der Waals surface area contributed by atoms with Crippen LogP contribution in [0.5, 0.6) is 0 Å². The van der Waals surface area contributed by atoms with Crippen LogP contribution in [0, 0.1) is 13.8 Å². The van der Waals surface area contributed by atoms with E-state index in [-0.39, 0.29) is 12.5 Å². The first-order valence-corrected chi connectivity index (χ1v) is 12.7. The number of carbonyl (C=O) groups is 1. The van der Waals surface area contributed by atoms with E-state index in [1.807, 2.05) is 44.2 Å². The minimum absolute atomic E-state index is 0.0947. The van der Waals surface area contributed by atoms with Gasteiger partial charge in [0.05, 0.1) is 18.5 Å². The Morgan fingerprint density at radius 3 is 2.23 bits per heavy atom. The van der Waals surface area contributed by atoms with Crippen molar-refractivity contribution in [3.05, 3.63) is 64.7 Å². The number of sulfonamides is 1. The number of rotatable bonds is 9. The first-order valence-electron chi connectivity index (χ1n) is 10.9. The molecule has 0 aliphatic carbocycles. The molecule has 1 amide bonds. The molecule has 7 heteroatoms. The summed E-state index contributed by atoms with van der Waals surface area (Å²) in [5, 5.41) is 2.98. The molecule has 0 bridgehead atoms. The maximum atomic E-state index is 12.5. The molecular formula is C24H33N3O3S. The smallest absolute Gasteiger partial charge is 0.251 e. The van der Waals surface area contributed by atoms with E-state index in [1.54, 1.807) is 12.1 Å². The second kappa shape index (κ2) is 10.3. The van der Waals surface area contributed by atoms with Crippen molar-refractivity contribution in [2.75, 3.05) is 36.7 Å². The molecule has 0 spiro atoms. The van der Waals surface area contributed by atoms with Crippen molar-refractivity contribution in [3.63, 3.8) is 0 Å². The minimum atomic E-state index is -3.46. The third-order valence-corrected chi connectivity index (χ3v) is 6.88. The number of nitrogens with one attached hydrogen (secondary N) is 1. The highest BCUT2D eigenvalue weighted by atomic mass is 32.2. The first kappa shape index (κ1) is 23.3. The van der Waals surface area contributed by atoms with Crippen LogP contribution in [-0.2, 0) is 16.6 Å². The van der Waals surface area contributed by atoms with Gasteiger partial charge < -0.3 is 10.2 Å². The Labute approximate surface area is 186 Å².